The predicted octanol–water partition coefficient (Wildman–Crippen LogP) is 3.68. The van der Waals surface area contributed by atoms with Crippen LogP contribution in [0.25, 0.3) is 0 Å². The lowest BCUT2D eigenvalue weighted by atomic mass is 10.3. The fourth-order valence-electron chi connectivity index (χ4n) is 0.698. The van der Waals surface area contributed by atoms with Gasteiger partial charge in [0.25, 0.3) is 0 Å². The molecule has 0 aliphatic heterocycles. The molecule has 1 aromatic carbocycles. The second kappa shape index (κ2) is 5.01. The van der Waals surface area contributed by atoms with Gasteiger partial charge in [0.1, 0.15) is 0 Å². The number of anilines is 1. The first kappa shape index (κ1) is 11.3. The van der Waals surface area contributed by atoms with E-state index in [0.717, 1.165) is 14.6 Å². The molecule has 1 N–H and O–H groups in total. The highest BCUT2D eigenvalue weighted by molar-refractivity contribution is 9.11. The second-order valence-corrected chi connectivity index (χ2v) is 3.74. The third-order valence-corrected chi connectivity index (χ3v) is 2.07. The highest BCUT2D eigenvalue weighted by Crippen LogP contribution is 2.22. The van der Waals surface area contributed by atoms with Gasteiger partial charge < -0.3 is 5.32 Å². The first-order valence-corrected chi connectivity index (χ1v) is 4.45. The maximum Gasteiger partial charge on any atom is 0.0360 e. The summed E-state index contributed by atoms with van der Waals surface area (Å²) in [7, 11) is 1.90. The zero-order valence-electron chi connectivity index (χ0n) is 5.90. The Balaban J connectivity index is 0.000001000. The fraction of sp³-hybridized carbons (Fsp3) is 0.143. The minimum Gasteiger partial charge on any atom is -0.388 e. The van der Waals surface area contributed by atoms with Crippen LogP contribution in [0.4, 0.5) is 5.69 Å². The van der Waals surface area contributed by atoms with Crippen LogP contribution >= 0.6 is 44.3 Å². The summed E-state index contributed by atoms with van der Waals surface area (Å²) < 4.78 is 2.15. The smallest absolute Gasteiger partial charge is 0.0360 e. The van der Waals surface area contributed by atoms with Gasteiger partial charge in [-0.15, -0.1) is 12.4 Å². The first-order valence-electron chi connectivity index (χ1n) is 2.86. The quantitative estimate of drug-likeness (QED) is 0.834. The van der Waals surface area contributed by atoms with Gasteiger partial charge in [-0.2, -0.15) is 0 Å². The van der Waals surface area contributed by atoms with Crippen molar-refractivity contribution >= 4 is 50.0 Å². The Morgan fingerprint density at radius 2 is 1.55 bits per heavy atom. The van der Waals surface area contributed by atoms with E-state index in [2.05, 4.69) is 37.2 Å². The topological polar surface area (TPSA) is 12.0 Å². The number of rotatable bonds is 1. The standard InChI is InChI=1S/C7H7Br2N.ClH/c1-10-7-3-5(8)2-6(9)4-7;/h2-4,10H,1H3;1H. The highest BCUT2D eigenvalue weighted by atomic mass is 79.9. The summed E-state index contributed by atoms with van der Waals surface area (Å²) in [6, 6.07) is 6.04. The van der Waals surface area contributed by atoms with Crippen molar-refractivity contribution in [2.45, 2.75) is 0 Å². The lowest BCUT2D eigenvalue weighted by Crippen LogP contribution is -1.86. The lowest BCUT2D eigenvalue weighted by Gasteiger charge is -2.00. The molecule has 1 aromatic rings. The minimum atomic E-state index is 0. The molecule has 62 valence electrons. The molecule has 1 nitrogen and oxygen atoms in total. The minimum absolute atomic E-state index is 0. The molecule has 0 atom stereocenters. The molecule has 0 aliphatic rings. The molecule has 0 bridgehead atoms. The fourth-order valence-corrected chi connectivity index (χ4v) is 1.99. The largest absolute Gasteiger partial charge is 0.388 e. The SMILES string of the molecule is CNc1cc(Br)cc(Br)c1.Cl. The molecule has 1 rings (SSSR count). The van der Waals surface area contributed by atoms with Crippen molar-refractivity contribution in [3.63, 3.8) is 0 Å². The molecule has 0 saturated carbocycles. The van der Waals surface area contributed by atoms with Crippen LogP contribution in [0.5, 0.6) is 0 Å². The number of hydrogen-bond donors (Lipinski definition) is 1. The van der Waals surface area contributed by atoms with Gasteiger partial charge in [-0.1, -0.05) is 31.9 Å². The van der Waals surface area contributed by atoms with E-state index in [0.29, 0.717) is 0 Å². The summed E-state index contributed by atoms with van der Waals surface area (Å²) in [6.07, 6.45) is 0. The van der Waals surface area contributed by atoms with Crippen molar-refractivity contribution in [3.8, 4) is 0 Å². The van der Waals surface area contributed by atoms with Crippen molar-refractivity contribution in [3.05, 3.63) is 27.1 Å². The maximum atomic E-state index is 3.38. The van der Waals surface area contributed by atoms with Gasteiger partial charge in [0.05, 0.1) is 0 Å². The van der Waals surface area contributed by atoms with Crippen LogP contribution in [0.1, 0.15) is 0 Å². The van der Waals surface area contributed by atoms with E-state index in [1.54, 1.807) is 0 Å². The normalized spacial score (nSPS) is 8.64. The van der Waals surface area contributed by atoms with Crippen molar-refractivity contribution < 1.29 is 0 Å². The zero-order chi connectivity index (χ0) is 7.56. The van der Waals surface area contributed by atoms with Gasteiger partial charge in [0, 0.05) is 21.7 Å². The Labute approximate surface area is 89.2 Å². The van der Waals surface area contributed by atoms with Crippen molar-refractivity contribution in [1.82, 2.24) is 0 Å². The van der Waals surface area contributed by atoms with Crippen LogP contribution in [0, 0.1) is 0 Å². The van der Waals surface area contributed by atoms with Crippen molar-refractivity contribution in [2.24, 2.45) is 0 Å². The van der Waals surface area contributed by atoms with Crippen LogP contribution in [0.15, 0.2) is 27.1 Å². The highest BCUT2D eigenvalue weighted by Gasteiger charge is 1.93. The third-order valence-electron chi connectivity index (χ3n) is 1.15. The molecule has 0 radical (unpaired) electrons. The number of benzene rings is 1. The summed E-state index contributed by atoms with van der Waals surface area (Å²) >= 11 is 6.77. The average molecular weight is 301 g/mol. The van der Waals surface area contributed by atoms with E-state index in [9.17, 15) is 0 Å². The molecule has 0 unspecified atom stereocenters. The third kappa shape index (κ3) is 3.45. The molecular formula is C7H8Br2ClN. The molecule has 0 amide bonds. The van der Waals surface area contributed by atoms with Gasteiger partial charge >= 0.3 is 0 Å². The van der Waals surface area contributed by atoms with E-state index in [1.165, 1.54) is 0 Å². The van der Waals surface area contributed by atoms with Crippen LogP contribution in [0.3, 0.4) is 0 Å². The summed E-state index contributed by atoms with van der Waals surface area (Å²) in [5.74, 6) is 0. The van der Waals surface area contributed by atoms with Gasteiger partial charge in [-0.3, -0.25) is 0 Å². The van der Waals surface area contributed by atoms with Crippen LogP contribution in [-0.2, 0) is 0 Å². The summed E-state index contributed by atoms with van der Waals surface area (Å²) in [4.78, 5) is 0. The van der Waals surface area contributed by atoms with Crippen LogP contribution in [0.2, 0.25) is 0 Å². The molecule has 0 fully saturated rings. The van der Waals surface area contributed by atoms with E-state index in [1.807, 2.05) is 25.2 Å². The molecule has 0 saturated heterocycles. The van der Waals surface area contributed by atoms with E-state index < -0.39 is 0 Å². The summed E-state index contributed by atoms with van der Waals surface area (Å²) in [6.45, 7) is 0. The van der Waals surface area contributed by atoms with Gasteiger partial charge in [0.2, 0.25) is 0 Å². The number of halogens is 3. The van der Waals surface area contributed by atoms with E-state index in [-0.39, 0.29) is 12.4 Å². The molecular weight excluding hydrogens is 293 g/mol. The Morgan fingerprint density at radius 1 is 1.09 bits per heavy atom. The molecule has 11 heavy (non-hydrogen) atoms. The Morgan fingerprint density at radius 3 is 1.91 bits per heavy atom. The van der Waals surface area contributed by atoms with E-state index >= 15 is 0 Å². The van der Waals surface area contributed by atoms with Crippen molar-refractivity contribution in [2.75, 3.05) is 12.4 Å². The average Bonchev–Trinajstić information content (AvgIpc) is 1.85. The Kier molecular flexibility index (Phi) is 5.13. The Bertz CT molecular complexity index is 220. The lowest BCUT2D eigenvalue weighted by molar-refractivity contribution is 1.48. The molecule has 0 aromatic heterocycles. The molecule has 0 heterocycles. The first-order chi connectivity index (χ1) is 4.72. The van der Waals surface area contributed by atoms with Crippen LogP contribution in [-0.4, -0.2) is 7.05 Å². The predicted molar refractivity (Wildman–Crippen MR) is 58.6 cm³/mol. The zero-order valence-corrected chi connectivity index (χ0v) is 9.88. The Hall–Kier alpha value is 0.270. The molecule has 0 spiro atoms. The van der Waals surface area contributed by atoms with Gasteiger partial charge in [-0.05, 0) is 18.2 Å². The number of hydrogen-bond acceptors (Lipinski definition) is 1. The van der Waals surface area contributed by atoms with Crippen molar-refractivity contribution in [1.29, 1.82) is 0 Å². The molecule has 4 heteroatoms. The van der Waals surface area contributed by atoms with Crippen LogP contribution < -0.4 is 5.32 Å². The maximum absolute atomic E-state index is 3.38. The van der Waals surface area contributed by atoms with Gasteiger partial charge in [-0.25, -0.2) is 0 Å². The second-order valence-electron chi connectivity index (χ2n) is 1.91. The monoisotopic (exact) mass is 299 g/mol. The number of nitrogens with one attached hydrogen (secondary N) is 1. The van der Waals surface area contributed by atoms with Gasteiger partial charge in [0.15, 0.2) is 0 Å². The molecule has 0 aliphatic carbocycles. The summed E-state index contributed by atoms with van der Waals surface area (Å²) in [5, 5.41) is 3.05. The van der Waals surface area contributed by atoms with E-state index in [4.69, 9.17) is 0 Å². The summed E-state index contributed by atoms with van der Waals surface area (Å²) in [5.41, 5.74) is 1.10.